The summed E-state index contributed by atoms with van der Waals surface area (Å²) in [5, 5.41) is 13.1. The van der Waals surface area contributed by atoms with E-state index in [-0.39, 0.29) is 11.9 Å². The van der Waals surface area contributed by atoms with Gasteiger partial charge in [0.05, 0.1) is 23.8 Å². The Hall–Kier alpha value is -3.55. The van der Waals surface area contributed by atoms with Crippen LogP contribution in [0.4, 0.5) is 0 Å². The van der Waals surface area contributed by atoms with Gasteiger partial charge in [-0.15, -0.1) is 10.2 Å². The Bertz CT molecular complexity index is 1180. The van der Waals surface area contributed by atoms with E-state index in [9.17, 15) is 4.79 Å². The molecule has 0 unspecified atom stereocenters. The van der Waals surface area contributed by atoms with Crippen LogP contribution in [0, 0.1) is 6.92 Å². The molecule has 8 nitrogen and oxygen atoms in total. The molecule has 1 atom stereocenters. The molecule has 1 aliphatic heterocycles. The van der Waals surface area contributed by atoms with Gasteiger partial charge in [0.25, 0.3) is 5.91 Å². The van der Waals surface area contributed by atoms with Gasteiger partial charge in [-0.25, -0.2) is 9.50 Å². The second kappa shape index (κ2) is 6.26. The number of hydrogen-bond donors (Lipinski definition) is 0. The summed E-state index contributed by atoms with van der Waals surface area (Å²) in [5.41, 5.74) is 3.13. The van der Waals surface area contributed by atoms with E-state index in [0.29, 0.717) is 18.7 Å². The topological polar surface area (TPSA) is 81.2 Å². The van der Waals surface area contributed by atoms with E-state index in [1.165, 1.54) is 0 Å². The van der Waals surface area contributed by atoms with Gasteiger partial charge in [0.15, 0.2) is 17.3 Å². The summed E-state index contributed by atoms with van der Waals surface area (Å²) in [6.07, 6.45) is 3.34. The number of nitrogens with zero attached hydrogens (tertiary/aromatic N) is 7. The van der Waals surface area contributed by atoms with Crippen molar-refractivity contribution in [3.8, 4) is 11.4 Å². The molecule has 0 N–H and O–H groups in total. The van der Waals surface area contributed by atoms with Gasteiger partial charge in [-0.3, -0.25) is 4.79 Å². The van der Waals surface area contributed by atoms with Crippen LogP contribution in [0.2, 0.25) is 0 Å². The fraction of sp³-hybridized carbons (Fsp3) is 0.250. The normalized spacial score (nSPS) is 16.4. The third-order valence-corrected chi connectivity index (χ3v) is 5.03. The smallest absolute Gasteiger partial charge is 0.257 e. The van der Waals surface area contributed by atoms with E-state index < -0.39 is 0 Å². The van der Waals surface area contributed by atoms with Crippen molar-refractivity contribution in [2.24, 2.45) is 0 Å². The second-order valence-electron chi connectivity index (χ2n) is 7.14. The third kappa shape index (κ3) is 2.65. The number of aryl methyl sites for hydroxylation is 1. The lowest BCUT2D eigenvalue weighted by Gasteiger charge is -2.32. The maximum absolute atomic E-state index is 13.1. The van der Waals surface area contributed by atoms with Crippen LogP contribution in [-0.2, 0) is 6.54 Å². The fourth-order valence-electron chi connectivity index (χ4n) is 3.76. The van der Waals surface area contributed by atoms with Crippen LogP contribution in [0.3, 0.4) is 0 Å². The van der Waals surface area contributed by atoms with E-state index in [1.54, 1.807) is 21.8 Å². The largest absolute Gasteiger partial charge is 0.329 e. The molecule has 0 spiro atoms. The summed E-state index contributed by atoms with van der Waals surface area (Å²) < 4.78 is 3.77. The number of rotatable bonds is 2. The zero-order valence-corrected chi connectivity index (χ0v) is 15.6. The lowest BCUT2D eigenvalue weighted by atomic mass is 10.1. The van der Waals surface area contributed by atoms with Gasteiger partial charge in [-0.2, -0.15) is 5.10 Å². The molecule has 0 fully saturated rings. The number of carbonyl (C=O) groups is 1. The first-order valence-electron chi connectivity index (χ1n) is 9.20. The maximum atomic E-state index is 13.1. The highest BCUT2D eigenvalue weighted by Gasteiger charge is 2.30. The minimum absolute atomic E-state index is 0.0709. The highest BCUT2D eigenvalue weighted by Crippen LogP contribution is 2.28. The lowest BCUT2D eigenvalue weighted by molar-refractivity contribution is 0.0681. The van der Waals surface area contributed by atoms with Crippen molar-refractivity contribution in [3.63, 3.8) is 0 Å². The van der Waals surface area contributed by atoms with Crippen LogP contribution in [0.1, 0.15) is 34.8 Å². The van der Waals surface area contributed by atoms with Crippen molar-refractivity contribution in [1.82, 2.24) is 34.3 Å². The van der Waals surface area contributed by atoms with Crippen molar-refractivity contribution in [2.45, 2.75) is 26.4 Å². The number of hydrogen-bond acceptors (Lipinski definition) is 5. The molecule has 8 heteroatoms. The minimum Gasteiger partial charge on any atom is -0.329 e. The Kier molecular flexibility index (Phi) is 3.71. The van der Waals surface area contributed by atoms with Crippen molar-refractivity contribution in [1.29, 1.82) is 0 Å². The van der Waals surface area contributed by atoms with E-state index in [1.807, 2.05) is 43.3 Å². The average Bonchev–Trinajstić information content (AvgIpc) is 3.30. The molecular weight excluding hydrogens is 354 g/mol. The fourth-order valence-corrected chi connectivity index (χ4v) is 3.76. The molecule has 28 heavy (non-hydrogen) atoms. The molecule has 140 valence electrons. The molecule has 0 bridgehead atoms. The number of aromatic nitrogens is 6. The Labute approximate surface area is 161 Å². The number of fused-ring (bicyclic) bond motifs is 2. The monoisotopic (exact) mass is 373 g/mol. The predicted molar refractivity (Wildman–Crippen MR) is 103 cm³/mol. The first-order chi connectivity index (χ1) is 13.6. The standard InChI is InChI=1S/C20H19N7O/c1-13-8-17-21-9-16(11-26(17)24-13)20(28)25-10-14(2)27-18(12-25)22-23-19(27)15-6-4-3-5-7-15/h3-9,11,14H,10,12H2,1-2H3/t14-/m0/s1. The number of carbonyl (C=O) groups excluding carboxylic acids is 1. The van der Waals surface area contributed by atoms with Gasteiger partial charge in [0.2, 0.25) is 0 Å². The number of benzene rings is 1. The van der Waals surface area contributed by atoms with Crippen LogP contribution >= 0.6 is 0 Å². The van der Waals surface area contributed by atoms with Gasteiger partial charge in [-0.1, -0.05) is 30.3 Å². The molecule has 3 aromatic heterocycles. The van der Waals surface area contributed by atoms with E-state index >= 15 is 0 Å². The first kappa shape index (κ1) is 16.6. The summed E-state index contributed by atoms with van der Waals surface area (Å²) >= 11 is 0. The zero-order chi connectivity index (χ0) is 19.3. The SMILES string of the molecule is Cc1cc2ncc(C(=O)N3Cc4nnc(-c5ccccc5)n4[C@@H](C)C3)cn2n1. The second-order valence-corrected chi connectivity index (χ2v) is 7.14. The molecular formula is C20H19N7O. The van der Waals surface area contributed by atoms with Crippen LogP contribution in [0.25, 0.3) is 17.0 Å². The number of amides is 1. The quantitative estimate of drug-likeness (QED) is 0.539. The molecule has 1 amide bonds. The van der Waals surface area contributed by atoms with E-state index in [4.69, 9.17) is 0 Å². The summed E-state index contributed by atoms with van der Waals surface area (Å²) in [6, 6.07) is 11.9. The molecule has 1 aromatic carbocycles. The van der Waals surface area contributed by atoms with Crippen molar-refractivity contribution >= 4 is 11.6 Å². The highest BCUT2D eigenvalue weighted by atomic mass is 16.2. The predicted octanol–water partition coefficient (Wildman–Crippen LogP) is 2.51. The van der Waals surface area contributed by atoms with Gasteiger partial charge in [0.1, 0.15) is 0 Å². The molecule has 4 heterocycles. The summed E-state index contributed by atoms with van der Waals surface area (Å²) in [6.45, 7) is 4.98. The van der Waals surface area contributed by atoms with Crippen LogP contribution in [0.5, 0.6) is 0 Å². The molecule has 0 aliphatic carbocycles. The van der Waals surface area contributed by atoms with Crippen molar-refractivity contribution < 1.29 is 4.79 Å². The Morgan fingerprint density at radius 2 is 2.00 bits per heavy atom. The molecule has 0 radical (unpaired) electrons. The van der Waals surface area contributed by atoms with Crippen molar-refractivity contribution in [3.05, 3.63) is 65.9 Å². The van der Waals surface area contributed by atoms with Crippen LogP contribution < -0.4 is 0 Å². The molecule has 4 aromatic rings. The van der Waals surface area contributed by atoms with Gasteiger partial charge < -0.3 is 9.47 Å². The van der Waals surface area contributed by atoms with E-state index in [0.717, 1.165) is 28.6 Å². The zero-order valence-electron chi connectivity index (χ0n) is 15.6. The maximum Gasteiger partial charge on any atom is 0.257 e. The lowest BCUT2D eigenvalue weighted by Crippen LogP contribution is -2.40. The summed E-state index contributed by atoms with van der Waals surface area (Å²) in [5.74, 6) is 1.55. The molecule has 0 saturated carbocycles. The average molecular weight is 373 g/mol. The van der Waals surface area contributed by atoms with Gasteiger partial charge in [0, 0.05) is 30.6 Å². The van der Waals surface area contributed by atoms with Crippen LogP contribution in [0.15, 0.2) is 48.8 Å². The first-order valence-corrected chi connectivity index (χ1v) is 9.20. The Balaban J connectivity index is 1.45. The molecule has 0 saturated heterocycles. The minimum atomic E-state index is -0.0788. The third-order valence-electron chi connectivity index (χ3n) is 5.03. The van der Waals surface area contributed by atoms with Gasteiger partial charge >= 0.3 is 0 Å². The Morgan fingerprint density at radius 1 is 1.18 bits per heavy atom. The van der Waals surface area contributed by atoms with Gasteiger partial charge in [-0.05, 0) is 13.8 Å². The Morgan fingerprint density at radius 3 is 2.82 bits per heavy atom. The van der Waals surface area contributed by atoms with E-state index in [2.05, 4.69) is 31.8 Å². The summed E-state index contributed by atoms with van der Waals surface area (Å²) in [7, 11) is 0. The van der Waals surface area contributed by atoms with Crippen LogP contribution in [-0.4, -0.2) is 46.7 Å². The molecule has 5 rings (SSSR count). The summed E-state index contributed by atoms with van der Waals surface area (Å²) in [4.78, 5) is 19.2. The van der Waals surface area contributed by atoms with Crippen molar-refractivity contribution in [2.75, 3.05) is 6.54 Å². The highest BCUT2D eigenvalue weighted by molar-refractivity contribution is 5.93. The molecule has 1 aliphatic rings.